The quantitative estimate of drug-likeness (QED) is 0.768. The Morgan fingerprint density at radius 3 is 2.70 bits per heavy atom. The van der Waals surface area contributed by atoms with Gasteiger partial charge in [0.15, 0.2) is 0 Å². The standard InChI is InChI=1S/C15H22N2O3/c1-10-2-7-14(18)13(17-10)9-16-8-11-3-5-12(6-4-11)15(19)20/h2,7,11-12,16,18H,3-6,8-9H2,1H3,(H,19,20). The van der Waals surface area contributed by atoms with Gasteiger partial charge < -0.3 is 15.5 Å². The summed E-state index contributed by atoms with van der Waals surface area (Å²) in [6, 6.07) is 3.45. The largest absolute Gasteiger partial charge is 0.506 e. The van der Waals surface area contributed by atoms with Crippen LogP contribution in [0.1, 0.15) is 37.1 Å². The van der Waals surface area contributed by atoms with Crippen LogP contribution >= 0.6 is 0 Å². The van der Waals surface area contributed by atoms with Crippen LogP contribution in [0, 0.1) is 18.8 Å². The highest BCUT2D eigenvalue weighted by Crippen LogP contribution is 2.28. The van der Waals surface area contributed by atoms with Gasteiger partial charge in [0.05, 0.1) is 11.6 Å². The Bertz CT molecular complexity index is 468. The molecule has 2 rings (SSSR count). The molecule has 3 N–H and O–H groups in total. The molecule has 0 unspecified atom stereocenters. The molecular formula is C15H22N2O3. The molecule has 1 saturated carbocycles. The zero-order valence-electron chi connectivity index (χ0n) is 11.8. The van der Waals surface area contributed by atoms with Crippen molar-refractivity contribution in [1.82, 2.24) is 10.3 Å². The smallest absolute Gasteiger partial charge is 0.306 e. The van der Waals surface area contributed by atoms with Crippen molar-refractivity contribution < 1.29 is 15.0 Å². The summed E-state index contributed by atoms with van der Waals surface area (Å²) in [7, 11) is 0. The van der Waals surface area contributed by atoms with Gasteiger partial charge in [-0.25, -0.2) is 0 Å². The predicted molar refractivity (Wildman–Crippen MR) is 75.4 cm³/mol. The first-order chi connectivity index (χ1) is 9.56. The van der Waals surface area contributed by atoms with Gasteiger partial charge in [-0.3, -0.25) is 9.78 Å². The molecule has 5 heteroatoms. The number of carboxylic acids is 1. The molecule has 1 aromatic heterocycles. The molecule has 1 aromatic rings. The minimum atomic E-state index is -0.662. The van der Waals surface area contributed by atoms with Gasteiger partial charge in [0.25, 0.3) is 0 Å². The highest BCUT2D eigenvalue weighted by Gasteiger charge is 2.25. The summed E-state index contributed by atoms with van der Waals surface area (Å²) < 4.78 is 0. The first-order valence-electron chi connectivity index (χ1n) is 7.15. The van der Waals surface area contributed by atoms with Crippen LogP contribution in [-0.4, -0.2) is 27.7 Å². The van der Waals surface area contributed by atoms with Gasteiger partial charge >= 0.3 is 5.97 Å². The van der Waals surface area contributed by atoms with Crippen molar-refractivity contribution in [3.63, 3.8) is 0 Å². The Balaban J connectivity index is 1.74. The summed E-state index contributed by atoms with van der Waals surface area (Å²) in [5, 5.41) is 22.0. The zero-order valence-corrected chi connectivity index (χ0v) is 11.8. The third-order valence-electron chi connectivity index (χ3n) is 4.01. The van der Waals surface area contributed by atoms with E-state index in [1.165, 1.54) is 0 Å². The third-order valence-corrected chi connectivity index (χ3v) is 4.01. The first kappa shape index (κ1) is 14.8. The molecule has 0 amide bonds. The molecule has 1 fully saturated rings. The minimum Gasteiger partial charge on any atom is -0.506 e. The van der Waals surface area contributed by atoms with Crippen molar-refractivity contribution >= 4 is 5.97 Å². The monoisotopic (exact) mass is 278 g/mol. The summed E-state index contributed by atoms with van der Waals surface area (Å²) in [6.07, 6.45) is 3.46. The highest BCUT2D eigenvalue weighted by molar-refractivity contribution is 5.69. The molecule has 0 aromatic carbocycles. The Morgan fingerprint density at radius 2 is 2.05 bits per heavy atom. The lowest BCUT2D eigenvalue weighted by molar-refractivity contribution is -0.143. The van der Waals surface area contributed by atoms with E-state index in [1.807, 2.05) is 6.92 Å². The first-order valence-corrected chi connectivity index (χ1v) is 7.15. The summed E-state index contributed by atoms with van der Waals surface area (Å²) >= 11 is 0. The van der Waals surface area contributed by atoms with Gasteiger partial charge in [-0.15, -0.1) is 0 Å². The molecular weight excluding hydrogens is 256 g/mol. The molecule has 0 aliphatic heterocycles. The normalized spacial score (nSPS) is 22.6. The van der Waals surface area contributed by atoms with E-state index < -0.39 is 5.97 Å². The molecule has 0 spiro atoms. The van der Waals surface area contributed by atoms with Gasteiger partial charge in [-0.2, -0.15) is 0 Å². The SMILES string of the molecule is Cc1ccc(O)c(CNCC2CCC(C(=O)O)CC2)n1. The van der Waals surface area contributed by atoms with Crippen molar-refractivity contribution in [2.75, 3.05) is 6.54 Å². The Hall–Kier alpha value is -1.62. The molecule has 0 radical (unpaired) electrons. The molecule has 0 bridgehead atoms. The third kappa shape index (κ3) is 3.93. The number of hydrogen-bond acceptors (Lipinski definition) is 4. The second kappa shape index (κ2) is 6.70. The van der Waals surface area contributed by atoms with Gasteiger partial charge in [0.1, 0.15) is 5.75 Å². The van der Waals surface area contributed by atoms with E-state index >= 15 is 0 Å². The number of aromatic hydroxyl groups is 1. The zero-order chi connectivity index (χ0) is 14.5. The lowest BCUT2D eigenvalue weighted by atomic mass is 9.82. The van der Waals surface area contributed by atoms with Crippen LogP contribution in [0.3, 0.4) is 0 Å². The topological polar surface area (TPSA) is 82.5 Å². The van der Waals surface area contributed by atoms with E-state index in [4.69, 9.17) is 5.11 Å². The van der Waals surface area contributed by atoms with Crippen molar-refractivity contribution in [3.8, 4) is 5.75 Å². The summed E-state index contributed by atoms with van der Waals surface area (Å²) in [5.74, 6) is -0.0748. The lowest BCUT2D eigenvalue weighted by Crippen LogP contribution is -2.28. The lowest BCUT2D eigenvalue weighted by Gasteiger charge is -2.26. The summed E-state index contributed by atoms with van der Waals surface area (Å²) in [5.41, 5.74) is 1.56. The van der Waals surface area contributed by atoms with Crippen LogP contribution in [0.2, 0.25) is 0 Å². The van der Waals surface area contributed by atoms with Gasteiger partial charge in [0.2, 0.25) is 0 Å². The predicted octanol–water partition coefficient (Wildman–Crippen LogP) is 2.08. The number of carboxylic acid groups (broad SMARTS) is 1. The molecule has 1 aliphatic rings. The van der Waals surface area contributed by atoms with Gasteiger partial charge in [-0.1, -0.05) is 0 Å². The molecule has 1 heterocycles. The van der Waals surface area contributed by atoms with Crippen molar-refractivity contribution in [3.05, 3.63) is 23.5 Å². The van der Waals surface area contributed by atoms with E-state index in [0.717, 1.165) is 37.9 Å². The van der Waals surface area contributed by atoms with Crippen LogP contribution in [0.15, 0.2) is 12.1 Å². The van der Waals surface area contributed by atoms with Crippen molar-refractivity contribution in [2.24, 2.45) is 11.8 Å². The van der Waals surface area contributed by atoms with Crippen molar-refractivity contribution in [2.45, 2.75) is 39.2 Å². The van der Waals surface area contributed by atoms with Crippen molar-refractivity contribution in [1.29, 1.82) is 0 Å². The number of carbonyl (C=O) groups is 1. The Morgan fingerprint density at radius 1 is 1.35 bits per heavy atom. The Labute approximate surface area is 119 Å². The fraction of sp³-hybridized carbons (Fsp3) is 0.600. The van der Waals surface area contributed by atoms with Crippen LogP contribution in [-0.2, 0) is 11.3 Å². The van der Waals surface area contributed by atoms with Gasteiger partial charge in [-0.05, 0) is 57.2 Å². The number of pyridine rings is 1. The van der Waals surface area contributed by atoms with Gasteiger partial charge in [0, 0.05) is 12.2 Å². The molecule has 0 saturated heterocycles. The maximum absolute atomic E-state index is 10.9. The Kier molecular flexibility index (Phi) is 4.95. The minimum absolute atomic E-state index is 0.159. The maximum Gasteiger partial charge on any atom is 0.306 e. The molecule has 5 nitrogen and oxygen atoms in total. The number of nitrogens with one attached hydrogen (secondary N) is 1. The molecule has 0 atom stereocenters. The number of aliphatic carboxylic acids is 1. The molecule has 20 heavy (non-hydrogen) atoms. The van der Waals surface area contributed by atoms with Crippen LogP contribution in [0.25, 0.3) is 0 Å². The summed E-state index contributed by atoms with van der Waals surface area (Å²) in [4.78, 5) is 15.2. The van der Waals surface area contributed by atoms with E-state index in [2.05, 4.69) is 10.3 Å². The second-order valence-electron chi connectivity index (χ2n) is 5.61. The number of rotatable bonds is 5. The van der Waals surface area contributed by atoms with E-state index in [-0.39, 0.29) is 11.7 Å². The maximum atomic E-state index is 10.9. The molecule has 110 valence electrons. The van der Waals surface area contributed by atoms with Crippen LogP contribution < -0.4 is 5.32 Å². The van der Waals surface area contributed by atoms with Crippen LogP contribution in [0.5, 0.6) is 5.75 Å². The molecule has 1 aliphatic carbocycles. The number of hydrogen-bond donors (Lipinski definition) is 3. The van der Waals surface area contributed by atoms with E-state index in [0.29, 0.717) is 18.2 Å². The average Bonchev–Trinajstić information content (AvgIpc) is 2.43. The second-order valence-corrected chi connectivity index (χ2v) is 5.61. The number of aryl methyl sites for hydroxylation is 1. The fourth-order valence-electron chi connectivity index (χ4n) is 2.74. The summed E-state index contributed by atoms with van der Waals surface area (Å²) in [6.45, 7) is 3.30. The number of aromatic nitrogens is 1. The van der Waals surface area contributed by atoms with Crippen LogP contribution in [0.4, 0.5) is 0 Å². The number of nitrogens with zero attached hydrogens (tertiary/aromatic N) is 1. The fourth-order valence-corrected chi connectivity index (χ4v) is 2.74. The highest BCUT2D eigenvalue weighted by atomic mass is 16.4. The van der Waals surface area contributed by atoms with E-state index in [9.17, 15) is 9.90 Å². The average molecular weight is 278 g/mol. The van der Waals surface area contributed by atoms with E-state index in [1.54, 1.807) is 12.1 Å².